The lowest BCUT2D eigenvalue weighted by Gasteiger charge is -2.24. The zero-order valence-corrected chi connectivity index (χ0v) is 11.9. The number of aliphatic hydroxyl groups excluding tert-OH is 1. The molecule has 1 aliphatic heterocycles. The first kappa shape index (κ1) is 15.3. The van der Waals surface area contributed by atoms with Crippen molar-refractivity contribution in [3.05, 3.63) is 48.6 Å². The molecule has 1 saturated heterocycles. The van der Waals surface area contributed by atoms with Gasteiger partial charge in [-0.2, -0.15) is 0 Å². The van der Waals surface area contributed by atoms with Crippen molar-refractivity contribution in [2.75, 3.05) is 6.61 Å². The van der Waals surface area contributed by atoms with E-state index in [0.717, 1.165) is 10.5 Å². The lowest BCUT2D eigenvalue weighted by atomic mass is 10.0. The first-order chi connectivity index (χ1) is 10.0. The van der Waals surface area contributed by atoms with Crippen molar-refractivity contribution in [1.82, 2.24) is 4.90 Å². The molecule has 0 aliphatic carbocycles. The second-order valence-corrected chi connectivity index (χ2v) is 5.14. The number of rotatable bonds is 5. The van der Waals surface area contributed by atoms with E-state index in [4.69, 9.17) is 4.74 Å². The Morgan fingerprint density at radius 3 is 2.81 bits per heavy atom. The van der Waals surface area contributed by atoms with E-state index in [-0.39, 0.29) is 12.6 Å². The van der Waals surface area contributed by atoms with Gasteiger partial charge < -0.3 is 9.84 Å². The number of aliphatic hydroxyl groups is 1. The summed E-state index contributed by atoms with van der Waals surface area (Å²) in [7, 11) is 0. The maximum Gasteiger partial charge on any atom is 0.416 e. The summed E-state index contributed by atoms with van der Waals surface area (Å²) < 4.78 is 4.99. The molecular formula is C16H19NO4. The molecule has 0 bridgehead atoms. The summed E-state index contributed by atoms with van der Waals surface area (Å²) in [6, 6.07) is 9.25. The van der Waals surface area contributed by atoms with Gasteiger partial charge in [0.25, 0.3) is 0 Å². The Bertz CT molecular complexity index is 528. The van der Waals surface area contributed by atoms with Crippen LogP contribution < -0.4 is 0 Å². The third kappa shape index (κ3) is 3.31. The quantitative estimate of drug-likeness (QED) is 0.839. The highest BCUT2D eigenvalue weighted by Gasteiger charge is 2.40. The fourth-order valence-electron chi connectivity index (χ4n) is 2.34. The van der Waals surface area contributed by atoms with Gasteiger partial charge in [0.05, 0.1) is 18.1 Å². The largest absolute Gasteiger partial charge is 0.447 e. The van der Waals surface area contributed by atoms with Gasteiger partial charge >= 0.3 is 6.09 Å². The van der Waals surface area contributed by atoms with E-state index in [1.54, 1.807) is 6.92 Å². The van der Waals surface area contributed by atoms with Crippen molar-refractivity contribution in [2.45, 2.75) is 25.5 Å². The molecule has 1 N–H and O–H groups in total. The molecule has 21 heavy (non-hydrogen) atoms. The second kappa shape index (κ2) is 6.54. The van der Waals surface area contributed by atoms with E-state index in [9.17, 15) is 14.7 Å². The van der Waals surface area contributed by atoms with Crippen molar-refractivity contribution < 1.29 is 19.4 Å². The van der Waals surface area contributed by atoms with E-state index in [1.165, 1.54) is 6.08 Å². The number of amides is 2. The molecule has 5 heteroatoms. The standard InChI is InChI=1S/C16H19NO4/c1-3-14(18)11(2)15(19)17-13(10-21-16(17)20)9-12-7-5-4-6-8-12/h3-8,11,13-14,18H,1,9-10H2,2H3/t11-,13?,14+/m0/s1. The van der Waals surface area contributed by atoms with Crippen LogP contribution in [0, 0.1) is 5.92 Å². The Morgan fingerprint density at radius 2 is 2.19 bits per heavy atom. The summed E-state index contributed by atoms with van der Waals surface area (Å²) in [5.74, 6) is -1.17. The molecular weight excluding hydrogens is 270 g/mol. The van der Waals surface area contributed by atoms with Gasteiger partial charge in [-0.3, -0.25) is 4.79 Å². The monoisotopic (exact) mass is 289 g/mol. The number of benzene rings is 1. The number of carbonyl (C=O) groups excluding carboxylic acids is 2. The highest BCUT2D eigenvalue weighted by molar-refractivity contribution is 5.95. The highest BCUT2D eigenvalue weighted by atomic mass is 16.6. The summed E-state index contributed by atoms with van der Waals surface area (Å²) in [6.07, 6.45) is 0.193. The molecule has 2 rings (SSSR count). The van der Waals surface area contributed by atoms with Crippen LogP contribution in [0.4, 0.5) is 4.79 Å². The molecule has 1 aromatic carbocycles. The van der Waals surface area contributed by atoms with Crippen LogP contribution in [0.15, 0.2) is 43.0 Å². The van der Waals surface area contributed by atoms with Crippen LogP contribution in [0.1, 0.15) is 12.5 Å². The van der Waals surface area contributed by atoms with Crippen LogP contribution in [-0.2, 0) is 16.0 Å². The van der Waals surface area contributed by atoms with Gasteiger partial charge in [0.1, 0.15) is 6.61 Å². The van der Waals surface area contributed by atoms with E-state index < -0.39 is 24.0 Å². The first-order valence-corrected chi connectivity index (χ1v) is 6.89. The average molecular weight is 289 g/mol. The van der Waals surface area contributed by atoms with Crippen molar-refractivity contribution in [3.63, 3.8) is 0 Å². The van der Waals surface area contributed by atoms with E-state index in [2.05, 4.69) is 6.58 Å². The smallest absolute Gasteiger partial charge is 0.416 e. The molecule has 5 nitrogen and oxygen atoms in total. The van der Waals surface area contributed by atoms with Crippen molar-refractivity contribution in [2.24, 2.45) is 5.92 Å². The lowest BCUT2D eigenvalue weighted by molar-refractivity contribution is -0.135. The van der Waals surface area contributed by atoms with Crippen LogP contribution in [0.5, 0.6) is 0 Å². The van der Waals surface area contributed by atoms with Gasteiger partial charge in [-0.15, -0.1) is 6.58 Å². The SMILES string of the molecule is C=C[C@@H](O)[C@H](C)C(=O)N1C(=O)OCC1Cc1ccccc1. The molecule has 3 atom stereocenters. The number of carbonyl (C=O) groups is 2. The van der Waals surface area contributed by atoms with Gasteiger partial charge in [-0.1, -0.05) is 43.3 Å². The summed E-state index contributed by atoms with van der Waals surface area (Å²) >= 11 is 0. The molecule has 0 aromatic heterocycles. The predicted octanol–water partition coefficient (Wildman–Crippen LogP) is 1.76. The van der Waals surface area contributed by atoms with Crippen LogP contribution >= 0.6 is 0 Å². The normalized spacial score (nSPS) is 20.8. The molecule has 1 heterocycles. The molecule has 2 amide bonds. The molecule has 1 fully saturated rings. The van der Waals surface area contributed by atoms with Crippen LogP contribution in [-0.4, -0.2) is 40.8 Å². The fraction of sp³-hybridized carbons (Fsp3) is 0.375. The molecule has 0 saturated carbocycles. The van der Waals surface area contributed by atoms with Gasteiger partial charge in [-0.05, 0) is 12.0 Å². The van der Waals surface area contributed by atoms with Crippen molar-refractivity contribution >= 4 is 12.0 Å². The number of ether oxygens (including phenoxy) is 1. The van der Waals surface area contributed by atoms with Crippen LogP contribution in [0.3, 0.4) is 0 Å². The zero-order chi connectivity index (χ0) is 15.4. The Balaban J connectivity index is 2.13. The minimum atomic E-state index is -0.983. The Morgan fingerprint density at radius 1 is 1.52 bits per heavy atom. The minimum absolute atomic E-state index is 0.177. The fourth-order valence-corrected chi connectivity index (χ4v) is 2.34. The van der Waals surface area contributed by atoms with Gasteiger partial charge in [0, 0.05) is 0 Å². The number of imide groups is 1. The Hall–Kier alpha value is -2.14. The van der Waals surface area contributed by atoms with Gasteiger partial charge in [-0.25, -0.2) is 9.69 Å². The summed E-state index contributed by atoms with van der Waals surface area (Å²) in [4.78, 5) is 25.3. The summed E-state index contributed by atoms with van der Waals surface area (Å²) in [6.45, 7) is 5.21. The Kier molecular flexibility index (Phi) is 4.75. The number of hydrogen-bond donors (Lipinski definition) is 1. The number of cyclic esters (lactones) is 1. The van der Waals surface area contributed by atoms with E-state index in [1.807, 2.05) is 30.3 Å². The van der Waals surface area contributed by atoms with Crippen molar-refractivity contribution in [1.29, 1.82) is 0 Å². The number of nitrogens with zero attached hydrogens (tertiary/aromatic N) is 1. The summed E-state index contributed by atoms with van der Waals surface area (Å²) in [5.41, 5.74) is 1.02. The lowest BCUT2D eigenvalue weighted by Crippen LogP contribution is -2.45. The van der Waals surface area contributed by atoms with E-state index in [0.29, 0.717) is 6.42 Å². The molecule has 1 aromatic rings. The first-order valence-electron chi connectivity index (χ1n) is 6.89. The summed E-state index contributed by atoms with van der Waals surface area (Å²) in [5, 5.41) is 9.70. The van der Waals surface area contributed by atoms with Crippen LogP contribution in [0.25, 0.3) is 0 Å². The molecule has 112 valence electrons. The predicted molar refractivity (Wildman–Crippen MR) is 77.5 cm³/mol. The van der Waals surface area contributed by atoms with Crippen molar-refractivity contribution in [3.8, 4) is 0 Å². The topological polar surface area (TPSA) is 66.8 Å². The van der Waals surface area contributed by atoms with Gasteiger partial charge in [0.15, 0.2) is 0 Å². The van der Waals surface area contributed by atoms with Gasteiger partial charge in [0.2, 0.25) is 5.91 Å². The van der Waals surface area contributed by atoms with Crippen LogP contribution in [0.2, 0.25) is 0 Å². The maximum atomic E-state index is 12.4. The molecule has 1 unspecified atom stereocenters. The average Bonchev–Trinajstić information content (AvgIpc) is 2.86. The zero-order valence-electron chi connectivity index (χ0n) is 11.9. The molecule has 1 aliphatic rings. The van der Waals surface area contributed by atoms with E-state index >= 15 is 0 Å². The Labute approximate surface area is 123 Å². The third-order valence-electron chi connectivity index (χ3n) is 3.66. The number of hydrogen-bond acceptors (Lipinski definition) is 4. The molecule has 0 radical (unpaired) electrons. The highest BCUT2D eigenvalue weighted by Crippen LogP contribution is 2.21. The maximum absolute atomic E-state index is 12.4. The second-order valence-electron chi connectivity index (χ2n) is 5.14. The minimum Gasteiger partial charge on any atom is -0.447 e. The third-order valence-corrected chi connectivity index (χ3v) is 3.66. The molecule has 0 spiro atoms.